The van der Waals surface area contributed by atoms with Crippen LogP contribution in [-0.2, 0) is 11.3 Å². The summed E-state index contributed by atoms with van der Waals surface area (Å²) < 4.78 is 1.80. The molecule has 0 bridgehead atoms. The predicted molar refractivity (Wildman–Crippen MR) is 101 cm³/mol. The maximum absolute atomic E-state index is 12.4. The largest absolute Gasteiger partial charge is 0.355 e. The van der Waals surface area contributed by atoms with Gasteiger partial charge in [-0.25, -0.2) is 9.48 Å². The highest BCUT2D eigenvalue weighted by Crippen LogP contribution is 2.20. The average Bonchev–Trinajstić information content (AvgIpc) is 3.32. The normalized spacial score (nSPS) is 23.2. The molecule has 2 fully saturated rings. The number of nitrogens with one attached hydrogen (secondary N) is 3. The third kappa shape index (κ3) is 5.18. The second-order valence-electron chi connectivity index (χ2n) is 7.58. The summed E-state index contributed by atoms with van der Waals surface area (Å²) in [6.45, 7) is 3.64. The Morgan fingerprint density at radius 1 is 1.33 bits per heavy atom. The maximum Gasteiger partial charge on any atom is 0.317 e. The molecule has 9 nitrogen and oxygen atoms in total. The fraction of sp³-hybridized carbons (Fsp3) is 0.778. The molecule has 0 aromatic carbocycles. The van der Waals surface area contributed by atoms with Gasteiger partial charge < -0.3 is 20.9 Å². The zero-order valence-corrected chi connectivity index (χ0v) is 16.3. The van der Waals surface area contributed by atoms with Crippen LogP contribution in [0.2, 0.25) is 0 Å². The van der Waals surface area contributed by atoms with Gasteiger partial charge in [-0.1, -0.05) is 24.5 Å². The number of urea groups is 1. The number of hydrogen-bond donors (Lipinski definition) is 3. The van der Waals surface area contributed by atoms with Gasteiger partial charge >= 0.3 is 6.03 Å². The van der Waals surface area contributed by atoms with Crippen LogP contribution in [0.5, 0.6) is 0 Å². The van der Waals surface area contributed by atoms with Gasteiger partial charge in [0.05, 0.1) is 24.8 Å². The number of carbonyl (C=O) groups is 2. The Balaban J connectivity index is 1.49. The van der Waals surface area contributed by atoms with Crippen LogP contribution >= 0.6 is 0 Å². The topological polar surface area (TPSA) is 104 Å². The van der Waals surface area contributed by atoms with Gasteiger partial charge in [-0.3, -0.25) is 4.79 Å². The van der Waals surface area contributed by atoms with Crippen LogP contribution in [0.15, 0.2) is 6.20 Å². The lowest BCUT2D eigenvalue weighted by molar-refractivity contribution is -0.122. The number of rotatable bonds is 6. The lowest BCUT2D eigenvalue weighted by Crippen LogP contribution is -2.43. The summed E-state index contributed by atoms with van der Waals surface area (Å²) in [6.07, 6.45) is 8.34. The number of nitrogens with zero attached hydrogens (tertiary/aromatic N) is 4. The van der Waals surface area contributed by atoms with E-state index in [1.165, 1.54) is 19.3 Å². The summed E-state index contributed by atoms with van der Waals surface area (Å²) in [7, 11) is 1.78. The van der Waals surface area contributed by atoms with Crippen molar-refractivity contribution in [3.05, 3.63) is 11.9 Å². The fourth-order valence-electron chi connectivity index (χ4n) is 3.83. The van der Waals surface area contributed by atoms with Crippen LogP contribution in [-0.4, -0.2) is 64.1 Å². The molecule has 1 aromatic heterocycles. The van der Waals surface area contributed by atoms with Gasteiger partial charge in [0.25, 0.3) is 0 Å². The highest BCUT2D eigenvalue weighted by molar-refractivity contribution is 5.82. The Morgan fingerprint density at radius 2 is 2.11 bits per heavy atom. The van der Waals surface area contributed by atoms with Gasteiger partial charge in [0.2, 0.25) is 5.91 Å². The molecular formula is C18H31N7O2. The average molecular weight is 377 g/mol. The van der Waals surface area contributed by atoms with E-state index in [4.69, 9.17) is 0 Å². The molecule has 1 aromatic rings. The Hall–Kier alpha value is -2.16. The van der Waals surface area contributed by atoms with Crippen molar-refractivity contribution in [2.75, 3.05) is 20.1 Å². The predicted octanol–water partition coefficient (Wildman–Crippen LogP) is 0.791. The molecule has 3 N–H and O–H groups in total. The van der Waals surface area contributed by atoms with E-state index in [-0.39, 0.29) is 24.0 Å². The highest BCUT2D eigenvalue weighted by atomic mass is 16.2. The van der Waals surface area contributed by atoms with E-state index in [0.717, 1.165) is 18.5 Å². The van der Waals surface area contributed by atoms with E-state index >= 15 is 0 Å². The minimum atomic E-state index is -0.188. The van der Waals surface area contributed by atoms with Crippen molar-refractivity contribution in [1.29, 1.82) is 0 Å². The maximum atomic E-state index is 12.4. The summed E-state index contributed by atoms with van der Waals surface area (Å²) >= 11 is 0. The third-order valence-corrected chi connectivity index (χ3v) is 5.39. The summed E-state index contributed by atoms with van der Waals surface area (Å²) in [5, 5.41) is 17.6. The van der Waals surface area contributed by atoms with Crippen LogP contribution in [0.25, 0.3) is 0 Å². The molecule has 150 valence electrons. The van der Waals surface area contributed by atoms with Crippen LogP contribution in [0.4, 0.5) is 4.79 Å². The Morgan fingerprint density at radius 3 is 2.85 bits per heavy atom. The number of amides is 3. The molecule has 27 heavy (non-hydrogen) atoms. The van der Waals surface area contributed by atoms with Crippen LogP contribution < -0.4 is 16.0 Å². The van der Waals surface area contributed by atoms with Crippen molar-refractivity contribution < 1.29 is 9.59 Å². The quantitative estimate of drug-likeness (QED) is 0.680. The molecule has 9 heteroatoms. The zero-order chi connectivity index (χ0) is 19.2. The first-order valence-electron chi connectivity index (χ1n) is 10.00. The Bertz CT molecular complexity index is 641. The van der Waals surface area contributed by atoms with Crippen molar-refractivity contribution in [2.45, 2.75) is 70.1 Å². The van der Waals surface area contributed by atoms with E-state index < -0.39 is 0 Å². The molecule has 2 atom stereocenters. The van der Waals surface area contributed by atoms with E-state index in [2.05, 4.69) is 26.3 Å². The Kier molecular flexibility index (Phi) is 6.65. The molecule has 1 saturated heterocycles. The van der Waals surface area contributed by atoms with Crippen LogP contribution in [0, 0.1) is 0 Å². The lowest BCUT2D eigenvalue weighted by atomic mass is 9.96. The fourth-order valence-corrected chi connectivity index (χ4v) is 3.83. The highest BCUT2D eigenvalue weighted by Gasteiger charge is 2.31. The minimum Gasteiger partial charge on any atom is -0.355 e. The molecule has 2 heterocycles. The van der Waals surface area contributed by atoms with Crippen molar-refractivity contribution in [2.24, 2.45) is 0 Å². The number of aromatic nitrogens is 3. The standard InChI is InChI=1S/C18H31N7O2/c1-3-19-17(26)16-9-15(10-20-16)25-12-14(22-23-25)11-24(2)18(27)21-13-7-5-4-6-8-13/h12-13,15-16,20H,3-11H2,1-2H3,(H,19,26)(H,21,27)/t15-,16-/m0/s1. The monoisotopic (exact) mass is 377 g/mol. The first kappa shape index (κ1) is 19.6. The molecule has 1 saturated carbocycles. The second kappa shape index (κ2) is 9.16. The summed E-state index contributed by atoms with van der Waals surface area (Å²) in [4.78, 5) is 26.0. The third-order valence-electron chi connectivity index (χ3n) is 5.39. The SMILES string of the molecule is CCNC(=O)[C@@H]1C[C@H](n2cc(CN(C)C(=O)NC3CCCCC3)nn2)CN1. The summed E-state index contributed by atoms with van der Waals surface area (Å²) in [5.74, 6) is 0.0273. The first-order chi connectivity index (χ1) is 13.1. The zero-order valence-electron chi connectivity index (χ0n) is 16.3. The molecule has 0 unspecified atom stereocenters. The molecule has 2 aliphatic rings. The van der Waals surface area contributed by atoms with Gasteiger partial charge in [-0.15, -0.1) is 5.10 Å². The Labute approximate surface area is 160 Å². The molecule has 1 aliphatic carbocycles. The van der Waals surface area contributed by atoms with Gasteiger partial charge in [0, 0.05) is 26.2 Å². The molecule has 3 amide bonds. The first-order valence-corrected chi connectivity index (χ1v) is 10.00. The van der Waals surface area contributed by atoms with E-state index in [1.54, 1.807) is 16.6 Å². The summed E-state index contributed by atoms with van der Waals surface area (Å²) in [5.41, 5.74) is 0.748. The van der Waals surface area contributed by atoms with E-state index in [9.17, 15) is 9.59 Å². The van der Waals surface area contributed by atoms with Crippen LogP contribution in [0.3, 0.4) is 0 Å². The molecule has 1 aliphatic heterocycles. The van der Waals surface area contributed by atoms with Gasteiger partial charge in [0.1, 0.15) is 5.69 Å². The van der Waals surface area contributed by atoms with Gasteiger partial charge in [-0.05, 0) is 26.2 Å². The van der Waals surface area contributed by atoms with Crippen molar-refractivity contribution in [3.8, 4) is 0 Å². The van der Waals surface area contributed by atoms with Gasteiger partial charge in [-0.2, -0.15) is 0 Å². The molecule has 3 rings (SSSR count). The van der Waals surface area contributed by atoms with E-state index in [0.29, 0.717) is 32.1 Å². The minimum absolute atomic E-state index is 0.0273. The smallest absolute Gasteiger partial charge is 0.317 e. The molecule has 0 spiro atoms. The van der Waals surface area contributed by atoms with Gasteiger partial charge in [0.15, 0.2) is 0 Å². The van der Waals surface area contributed by atoms with Crippen molar-refractivity contribution >= 4 is 11.9 Å². The van der Waals surface area contributed by atoms with Crippen molar-refractivity contribution in [3.63, 3.8) is 0 Å². The second-order valence-corrected chi connectivity index (χ2v) is 7.58. The number of hydrogen-bond acceptors (Lipinski definition) is 5. The van der Waals surface area contributed by atoms with Crippen molar-refractivity contribution in [1.82, 2.24) is 35.8 Å². The molecule has 0 radical (unpaired) electrons. The number of likely N-dealkylation sites (N-methyl/N-ethyl adjacent to an activating group) is 1. The molecular weight excluding hydrogens is 346 g/mol. The summed E-state index contributed by atoms with van der Waals surface area (Å²) in [6, 6.07) is 0.141. The lowest BCUT2D eigenvalue weighted by Gasteiger charge is -2.25. The van der Waals surface area contributed by atoms with E-state index in [1.807, 2.05) is 13.1 Å². The van der Waals surface area contributed by atoms with Crippen LogP contribution in [0.1, 0.15) is 57.2 Å². The number of carbonyl (C=O) groups excluding carboxylic acids is 2.